The van der Waals surface area contributed by atoms with E-state index in [1.54, 1.807) is 0 Å². The highest BCUT2D eigenvalue weighted by atomic mass is 15.3. The van der Waals surface area contributed by atoms with E-state index in [0.29, 0.717) is 24.2 Å². The van der Waals surface area contributed by atoms with Gasteiger partial charge in [-0.25, -0.2) is 0 Å². The predicted octanol–water partition coefficient (Wildman–Crippen LogP) is 7.80. The lowest BCUT2D eigenvalue weighted by Gasteiger charge is -2.29. The largest absolute Gasteiger partial charge is 0.379 e. The Morgan fingerprint density at radius 3 is 1.36 bits per heavy atom. The van der Waals surface area contributed by atoms with E-state index in [9.17, 15) is 0 Å². The minimum absolute atomic E-state index is 0.447. The monoisotopic (exact) mass is 776 g/mol. The fourth-order valence-electron chi connectivity index (χ4n) is 9.20. The first kappa shape index (κ1) is 37.8. The molecule has 0 saturated carbocycles. The van der Waals surface area contributed by atoms with Gasteiger partial charge in [0.15, 0.2) is 11.3 Å². The lowest BCUT2D eigenvalue weighted by Crippen LogP contribution is -2.41. The molecule has 12 heteroatoms. The summed E-state index contributed by atoms with van der Waals surface area (Å²) in [7, 11) is 0. The first-order chi connectivity index (χ1) is 28.2. The molecule has 6 aromatic heterocycles. The van der Waals surface area contributed by atoms with Crippen LogP contribution in [-0.2, 0) is 13.1 Å². The van der Waals surface area contributed by atoms with Gasteiger partial charge >= 0.3 is 0 Å². The van der Waals surface area contributed by atoms with Crippen LogP contribution in [0, 0.1) is 27.7 Å². The van der Waals surface area contributed by atoms with Crippen LogP contribution in [-0.4, -0.2) is 75.6 Å². The van der Waals surface area contributed by atoms with Gasteiger partial charge in [-0.15, -0.1) is 20.4 Å². The number of rotatable bonds is 8. The second kappa shape index (κ2) is 15.9. The van der Waals surface area contributed by atoms with Crippen molar-refractivity contribution in [3.63, 3.8) is 0 Å². The average molecular weight is 777 g/mol. The molecule has 0 aliphatic carbocycles. The fourth-order valence-corrected chi connectivity index (χ4v) is 9.20. The maximum atomic E-state index is 4.50. The zero-order chi connectivity index (χ0) is 39.9. The highest BCUT2D eigenvalue weighted by Crippen LogP contribution is 2.32. The molecule has 8 aromatic rings. The van der Waals surface area contributed by atoms with E-state index in [4.69, 9.17) is 0 Å². The number of hydrogen-bond donors (Lipinski definition) is 4. The molecule has 4 atom stereocenters. The molecule has 10 rings (SSSR count). The Morgan fingerprint density at radius 2 is 0.966 bits per heavy atom. The molecular weight excluding hydrogens is 721 g/mol. The van der Waals surface area contributed by atoms with Gasteiger partial charge in [0.2, 0.25) is 0 Å². The van der Waals surface area contributed by atoms with E-state index in [1.165, 1.54) is 44.6 Å². The zero-order valence-corrected chi connectivity index (χ0v) is 34.6. The molecule has 0 bridgehead atoms. The third kappa shape index (κ3) is 7.42. The van der Waals surface area contributed by atoms with Crippen molar-refractivity contribution in [2.75, 3.05) is 23.7 Å². The van der Waals surface area contributed by atoms with Gasteiger partial charge in [0, 0.05) is 48.6 Å². The quantitative estimate of drug-likeness (QED) is 0.124. The number of aryl methyl sites for hydroxylation is 4. The Kier molecular flexibility index (Phi) is 10.4. The Morgan fingerprint density at radius 1 is 0.552 bits per heavy atom. The SMILES string of the molecule is Cc1cc2c(cc(N[C@@H]3CCN[C@H](C)C3)c3nnc(C)n32)n1Cc1ccccc1.Cc1cc2c(cc(N[C@H]3CCN[C@@H](C)C3)c3nnc(C)n32)n1Cc1ccccc1. The van der Waals surface area contributed by atoms with Gasteiger partial charge < -0.3 is 30.4 Å². The first-order valence-corrected chi connectivity index (χ1v) is 21.0. The molecule has 300 valence electrons. The third-order valence-corrected chi connectivity index (χ3v) is 12.2. The van der Waals surface area contributed by atoms with Crippen molar-refractivity contribution in [1.29, 1.82) is 0 Å². The molecule has 8 heterocycles. The van der Waals surface area contributed by atoms with Crippen molar-refractivity contribution >= 4 is 44.7 Å². The van der Waals surface area contributed by atoms with Crippen molar-refractivity contribution in [2.45, 2.75) is 104 Å². The van der Waals surface area contributed by atoms with Gasteiger partial charge in [0.25, 0.3) is 0 Å². The van der Waals surface area contributed by atoms with Crippen LogP contribution in [0.2, 0.25) is 0 Å². The lowest BCUT2D eigenvalue weighted by molar-refractivity contribution is 0.396. The number of nitrogens with zero attached hydrogens (tertiary/aromatic N) is 8. The van der Waals surface area contributed by atoms with Gasteiger partial charge in [-0.2, -0.15) is 0 Å². The van der Waals surface area contributed by atoms with E-state index in [0.717, 1.165) is 86.2 Å². The molecule has 2 aromatic carbocycles. The molecule has 2 fully saturated rings. The molecule has 0 radical (unpaired) electrons. The molecule has 12 nitrogen and oxygen atoms in total. The summed E-state index contributed by atoms with van der Waals surface area (Å²) in [6.45, 7) is 16.7. The molecular formula is C46H56N12. The van der Waals surface area contributed by atoms with Gasteiger partial charge in [0.1, 0.15) is 11.6 Å². The normalized spacial score (nSPS) is 19.8. The molecule has 2 aliphatic rings. The zero-order valence-electron chi connectivity index (χ0n) is 34.6. The van der Waals surface area contributed by atoms with Crippen molar-refractivity contribution in [3.8, 4) is 0 Å². The van der Waals surface area contributed by atoms with Crippen LogP contribution in [0.3, 0.4) is 0 Å². The maximum absolute atomic E-state index is 4.50. The lowest BCUT2D eigenvalue weighted by atomic mass is 10.0. The third-order valence-electron chi connectivity index (χ3n) is 12.2. The first-order valence-electron chi connectivity index (χ1n) is 21.0. The second-order valence-electron chi connectivity index (χ2n) is 16.6. The number of fused-ring (bicyclic) bond motifs is 6. The molecule has 0 spiro atoms. The Bertz CT molecular complexity index is 2500. The number of anilines is 2. The molecule has 2 aliphatic heterocycles. The van der Waals surface area contributed by atoms with Crippen molar-refractivity contribution in [3.05, 3.63) is 119 Å². The number of aromatic nitrogens is 8. The van der Waals surface area contributed by atoms with E-state index in [2.05, 4.69) is 172 Å². The summed E-state index contributed by atoms with van der Waals surface area (Å²) in [6.07, 6.45) is 4.46. The molecule has 4 N–H and O–H groups in total. The van der Waals surface area contributed by atoms with Gasteiger partial charge in [-0.1, -0.05) is 60.7 Å². The van der Waals surface area contributed by atoms with Crippen LogP contribution in [0.15, 0.2) is 84.9 Å². The number of piperidine rings is 2. The standard InChI is InChI=1S/2C23H28N6/c2*1-15-11-19(9-10-24-15)25-20-13-21-22(29-17(3)26-27-23(20)29)12-16(2)28(21)14-18-7-5-4-6-8-18/h2*4-8,12-13,15,19,24-25H,9-11,14H2,1-3H3/t2*15-,19-/m10/s1. The summed E-state index contributed by atoms with van der Waals surface area (Å²) >= 11 is 0. The summed E-state index contributed by atoms with van der Waals surface area (Å²) in [6, 6.07) is 32.3. The Hall–Kier alpha value is -5.72. The van der Waals surface area contributed by atoms with Crippen LogP contribution in [0.5, 0.6) is 0 Å². The van der Waals surface area contributed by atoms with E-state index >= 15 is 0 Å². The van der Waals surface area contributed by atoms with Crippen molar-refractivity contribution in [1.82, 2.24) is 49.0 Å². The fraction of sp³-hybridized carbons (Fsp3) is 0.391. The minimum Gasteiger partial charge on any atom is -0.379 e. The number of hydrogen-bond acceptors (Lipinski definition) is 8. The Labute approximate surface area is 340 Å². The average Bonchev–Trinajstić information content (AvgIpc) is 3.97. The van der Waals surface area contributed by atoms with Gasteiger partial charge in [0.05, 0.1) is 33.4 Å². The van der Waals surface area contributed by atoms with E-state index in [1.807, 2.05) is 13.8 Å². The number of benzene rings is 2. The van der Waals surface area contributed by atoms with Crippen molar-refractivity contribution in [2.24, 2.45) is 0 Å². The Balaban J connectivity index is 0.000000150. The van der Waals surface area contributed by atoms with E-state index in [-0.39, 0.29) is 0 Å². The van der Waals surface area contributed by atoms with Gasteiger partial charge in [-0.05, 0) is 116 Å². The van der Waals surface area contributed by atoms with E-state index < -0.39 is 0 Å². The van der Waals surface area contributed by atoms with Crippen molar-refractivity contribution < 1.29 is 0 Å². The highest BCUT2D eigenvalue weighted by molar-refractivity contribution is 5.89. The molecule has 0 amide bonds. The number of nitrogens with one attached hydrogen (secondary N) is 4. The summed E-state index contributed by atoms with van der Waals surface area (Å²) in [4.78, 5) is 0. The smallest absolute Gasteiger partial charge is 0.184 e. The predicted molar refractivity (Wildman–Crippen MR) is 235 cm³/mol. The summed E-state index contributed by atoms with van der Waals surface area (Å²) in [5.41, 5.74) is 13.8. The topological polar surface area (TPSA) is 118 Å². The maximum Gasteiger partial charge on any atom is 0.184 e. The molecule has 58 heavy (non-hydrogen) atoms. The van der Waals surface area contributed by atoms with Crippen LogP contribution in [0.4, 0.5) is 11.4 Å². The molecule has 0 unspecified atom stereocenters. The summed E-state index contributed by atoms with van der Waals surface area (Å²) < 4.78 is 9.16. The van der Waals surface area contributed by atoms with Crippen LogP contribution < -0.4 is 21.3 Å². The van der Waals surface area contributed by atoms with Crippen LogP contribution >= 0.6 is 0 Å². The van der Waals surface area contributed by atoms with Gasteiger partial charge in [-0.3, -0.25) is 8.80 Å². The summed E-state index contributed by atoms with van der Waals surface area (Å²) in [5, 5.41) is 32.4. The van der Waals surface area contributed by atoms with Crippen LogP contribution in [0.25, 0.3) is 33.4 Å². The second-order valence-corrected chi connectivity index (χ2v) is 16.6. The summed E-state index contributed by atoms with van der Waals surface area (Å²) in [5.74, 6) is 1.84. The van der Waals surface area contributed by atoms with Crippen LogP contribution in [0.1, 0.15) is 73.7 Å². The highest BCUT2D eigenvalue weighted by Gasteiger charge is 2.24. The number of pyridine rings is 2. The minimum atomic E-state index is 0.447. The molecule has 2 saturated heterocycles.